The zero-order chi connectivity index (χ0) is 40.9. The molecule has 0 bridgehead atoms. The number of fused-ring (bicyclic) bond motifs is 1. The largest absolute Gasteiger partial charge is 0.489 e. The predicted molar refractivity (Wildman–Crippen MR) is 218 cm³/mol. The summed E-state index contributed by atoms with van der Waals surface area (Å²) in [5.74, 6) is -1.67. The Kier molecular flexibility index (Phi) is 15.3. The third-order valence-electron chi connectivity index (χ3n) is 9.89. The molecule has 4 aromatic rings. The highest BCUT2D eigenvalue weighted by molar-refractivity contribution is 6.09. The number of unbranched alkanes of at least 4 members (excludes halogenated alkanes) is 9. The van der Waals surface area contributed by atoms with E-state index in [2.05, 4.69) is 17.2 Å². The number of nitrogens with one attached hydrogen (secondary N) is 1. The van der Waals surface area contributed by atoms with E-state index >= 15 is 0 Å². The average Bonchev–Trinajstić information content (AvgIpc) is 3.41. The van der Waals surface area contributed by atoms with Crippen LogP contribution in [0.3, 0.4) is 0 Å². The normalized spacial score (nSPS) is 14.8. The van der Waals surface area contributed by atoms with Gasteiger partial charge in [-0.05, 0) is 51.0 Å². The molecule has 304 valence electrons. The number of nitro groups is 1. The summed E-state index contributed by atoms with van der Waals surface area (Å²) >= 11 is 0. The number of anilines is 1. The summed E-state index contributed by atoms with van der Waals surface area (Å²) < 4.78 is 13.1. The van der Waals surface area contributed by atoms with Gasteiger partial charge in [0.25, 0.3) is 23.1 Å². The van der Waals surface area contributed by atoms with E-state index in [1.165, 1.54) is 59.8 Å². The third-order valence-corrected chi connectivity index (χ3v) is 9.89. The SMILES string of the molecule is CCCCCCCCCCCCn1c(C(C(=O)Nc2ccccc2OC(C)C)N2C(=O)C(OCC)N(Cc3ccccc3)C2=O)nc2c([N+](=O)[O-])cccc2c1=O. The van der Waals surface area contributed by atoms with Crippen LogP contribution in [0.2, 0.25) is 0 Å². The van der Waals surface area contributed by atoms with E-state index in [1.54, 1.807) is 55.5 Å². The highest BCUT2D eigenvalue weighted by atomic mass is 16.6. The summed E-state index contributed by atoms with van der Waals surface area (Å²) in [6.45, 7) is 7.68. The number of hydrogen-bond acceptors (Lipinski definition) is 9. The van der Waals surface area contributed by atoms with Crippen molar-refractivity contribution in [3.05, 3.63) is 105 Å². The fraction of sp³-hybridized carbons (Fsp3) is 0.465. The van der Waals surface area contributed by atoms with Gasteiger partial charge in [-0.2, -0.15) is 0 Å². The molecule has 1 N–H and O–H groups in total. The summed E-state index contributed by atoms with van der Waals surface area (Å²) in [6, 6.07) is 17.1. The highest BCUT2D eigenvalue weighted by Crippen LogP contribution is 2.34. The lowest BCUT2D eigenvalue weighted by atomic mass is 10.1. The smallest absolute Gasteiger partial charge is 0.330 e. The number of non-ortho nitro benzene ring substituents is 1. The van der Waals surface area contributed by atoms with Gasteiger partial charge >= 0.3 is 6.03 Å². The van der Waals surface area contributed by atoms with E-state index in [1.807, 2.05) is 19.9 Å². The number of hydrogen-bond donors (Lipinski definition) is 1. The van der Waals surface area contributed by atoms with E-state index in [-0.39, 0.29) is 48.2 Å². The van der Waals surface area contributed by atoms with E-state index in [9.17, 15) is 29.3 Å². The van der Waals surface area contributed by atoms with E-state index in [0.29, 0.717) is 17.7 Å². The molecule has 14 heteroatoms. The van der Waals surface area contributed by atoms with Crippen LogP contribution in [-0.4, -0.2) is 61.1 Å². The Balaban J connectivity index is 1.61. The minimum absolute atomic E-state index is 0.0198. The molecule has 0 spiro atoms. The van der Waals surface area contributed by atoms with Crippen molar-refractivity contribution in [3.8, 4) is 5.75 Å². The maximum Gasteiger partial charge on any atom is 0.330 e. The number of carbonyl (C=O) groups is 3. The molecule has 2 atom stereocenters. The summed E-state index contributed by atoms with van der Waals surface area (Å²) in [7, 11) is 0. The van der Waals surface area contributed by atoms with E-state index < -0.39 is 46.3 Å². The number of aromatic nitrogens is 2. The number of urea groups is 1. The van der Waals surface area contributed by atoms with Crippen molar-refractivity contribution in [2.45, 2.75) is 123 Å². The fourth-order valence-corrected chi connectivity index (χ4v) is 7.13. The maximum absolute atomic E-state index is 14.9. The van der Waals surface area contributed by atoms with Gasteiger partial charge in [-0.1, -0.05) is 113 Å². The van der Waals surface area contributed by atoms with Crippen LogP contribution in [0.25, 0.3) is 10.9 Å². The van der Waals surface area contributed by atoms with E-state index in [0.717, 1.165) is 30.6 Å². The quantitative estimate of drug-likeness (QED) is 0.0356. The molecule has 1 aliphatic rings. The molecule has 0 radical (unpaired) electrons. The molecule has 4 amide bonds. The van der Waals surface area contributed by atoms with Crippen LogP contribution < -0.4 is 15.6 Å². The van der Waals surface area contributed by atoms with Crippen molar-refractivity contribution in [3.63, 3.8) is 0 Å². The Morgan fingerprint density at radius 2 is 1.51 bits per heavy atom. The first-order chi connectivity index (χ1) is 27.6. The molecule has 1 aliphatic heterocycles. The predicted octanol–water partition coefficient (Wildman–Crippen LogP) is 8.52. The van der Waals surface area contributed by atoms with Gasteiger partial charge in [0.05, 0.1) is 28.6 Å². The Labute approximate surface area is 333 Å². The van der Waals surface area contributed by atoms with Gasteiger partial charge in [0.2, 0.25) is 6.23 Å². The lowest BCUT2D eigenvalue weighted by molar-refractivity contribution is -0.383. The molecule has 57 heavy (non-hydrogen) atoms. The van der Waals surface area contributed by atoms with Crippen molar-refractivity contribution in [1.29, 1.82) is 0 Å². The second-order valence-electron chi connectivity index (χ2n) is 14.5. The first kappa shape index (κ1) is 42.5. The topological polar surface area (TPSA) is 166 Å². The molecule has 1 saturated heterocycles. The van der Waals surface area contributed by atoms with Crippen LogP contribution in [0.15, 0.2) is 77.6 Å². The molecule has 5 rings (SSSR count). The Morgan fingerprint density at radius 1 is 0.860 bits per heavy atom. The Hall–Kier alpha value is -5.63. The molecule has 0 aliphatic carbocycles. The first-order valence-electron chi connectivity index (χ1n) is 20.1. The van der Waals surface area contributed by atoms with Gasteiger partial charge in [-0.25, -0.2) is 14.7 Å². The number of carbonyl (C=O) groups excluding carboxylic acids is 3. The average molecular weight is 783 g/mol. The van der Waals surface area contributed by atoms with Gasteiger partial charge in [0.1, 0.15) is 11.6 Å². The van der Waals surface area contributed by atoms with Gasteiger partial charge < -0.3 is 14.8 Å². The lowest BCUT2D eigenvalue weighted by Gasteiger charge is -2.27. The van der Waals surface area contributed by atoms with E-state index in [4.69, 9.17) is 9.47 Å². The molecule has 3 aromatic carbocycles. The zero-order valence-corrected chi connectivity index (χ0v) is 33.4. The fourth-order valence-electron chi connectivity index (χ4n) is 7.13. The number of rotatable bonds is 22. The van der Waals surface area contributed by atoms with Crippen LogP contribution >= 0.6 is 0 Å². The molecule has 14 nitrogen and oxygen atoms in total. The number of imide groups is 1. The molecule has 1 aromatic heterocycles. The highest BCUT2D eigenvalue weighted by Gasteiger charge is 2.52. The Morgan fingerprint density at radius 3 is 2.16 bits per heavy atom. The minimum Gasteiger partial charge on any atom is -0.489 e. The Bertz CT molecular complexity index is 2070. The van der Waals surface area contributed by atoms with Crippen molar-refractivity contribution in [1.82, 2.24) is 19.4 Å². The standard InChI is InChI=1S/C43H54N6O8/c1-5-7-8-9-10-11-12-13-14-20-28-46-38(45-36-32(40(46)51)24-21-26-34(36)49(54)55)37(39(50)44-33-25-18-19-27-35(33)57-30(3)4)48-41(52)42(56-6-2)47(43(48)53)29-31-22-16-15-17-23-31/h15-19,21-27,30,37,42H,5-14,20,28-29H2,1-4H3,(H,44,50). The third kappa shape index (κ3) is 10.4. The van der Waals surface area contributed by atoms with Crippen LogP contribution in [-0.2, 0) is 27.4 Å². The second-order valence-corrected chi connectivity index (χ2v) is 14.5. The number of nitrogens with zero attached hydrogens (tertiary/aromatic N) is 5. The van der Waals surface area contributed by atoms with Crippen molar-refractivity contribution in [2.24, 2.45) is 0 Å². The number of nitro benzene ring substituents is 1. The van der Waals surface area contributed by atoms with Crippen LogP contribution in [0.5, 0.6) is 5.75 Å². The lowest BCUT2D eigenvalue weighted by Crippen LogP contribution is -2.45. The molecule has 2 heterocycles. The molecular weight excluding hydrogens is 729 g/mol. The summed E-state index contributed by atoms with van der Waals surface area (Å²) in [5.41, 5.74) is -0.382. The number of amides is 4. The van der Waals surface area contributed by atoms with Crippen LogP contribution in [0.1, 0.15) is 109 Å². The second kappa shape index (κ2) is 20.5. The summed E-state index contributed by atoms with van der Waals surface area (Å²) in [4.78, 5) is 76.7. The number of ether oxygens (including phenoxy) is 2. The van der Waals surface area contributed by atoms with Gasteiger partial charge in [-0.3, -0.25) is 34.0 Å². The van der Waals surface area contributed by atoms with Gasteiger partial charge in [-0.15, -0.1) is 0 Å². The van der Waals surface area contributed by atoms with Crippen molar-refractivity contribution in [2.75, 3.05) is 11.9 Å². The van der Waals surface area contributed by atoms with Gasteiger partial charge in [0.15, 0.2) is 11.6 Å². The summed E-state index contributed by atoms with van der Waals surface area (Å²) in [6.07, 6.45) is 8.75. The molecule has 1 fully saturated rings. The zero-order valence-electron chi connectivity index (χ0n) is 33.4. The van der Waals surface area contributed by atoms with Crippen LogP contribution in [0, 0.1) is 10.1 Å². The first-order valence-corrected chi connectivity index (χ1v) is 20.1. The van der Waals surface area contributed by atoms with Crippen molar-refractivity contribution >= 4 is 40.1 Å². The monoisotopic (exact) mass is 782 g/mol. The minimum atomic E-state index is -1.85. The molecule has 2 unspecified atom stereocenters. The molecule has 0 saturated carbocycles. The van der Waals surface area contributed by atoms with Crippen molar-refractivity contribution < 1.29 is 28.8 Å². The van der Waals surface area contributed by atoms with Crippen LogP contribution in [0.4, 0.5) is 16.2 Å². The summed E-state index contributed by atoms with van der Waals surface area (Å²) in [5, 5.41) is 15.1. The molecular formula is C43H54N6O8. The van der Waals surface area contributed by atoms with Gasteiger partial charge in [0, 0.05) is 19.2 Å². The number of para-hydroxylation sites is 3. The maximum atomic E-state index is 14.9. The number of benzene rings is 3.